The number of aryl methyl sites for hydroxylation is 1. The van der Waals surface area contributed by atoms with Crippen LogP contribution in [0.4, 0.5) is 22.0 Å². The van der Waals surface area contributed by atoms with Crippen LogP contribution in [0.1, 0.15) is 17.6 Å². The molecule has 84 valence electrons. The first-order valence-corrected chi connectivity index (χ1v) is 3.94. The first kappa shape index (κ1) is 11.7. The minimum absolute atomic E-state index is 0.0618. The minimum Gasteiger partial charge on any atom is -0.406 e. The summed E-state index contributed by atoms with van der Waals surface area (Å²) >= 11 is 0. The standard InChI is InChI=1S/C9H7F5O/c1-5-4-6(15-9(12,13)14)2-3-7(5)8(10)11/h2-4,8H,1H3. The number of rotatable bonds is 2. The van der Waals surface area contributed by atoms with Gasteiger partial charge >= 0.3 is 6.36 Å². The molecule has 0 N–H and O–H groups in total. The monoisotopic (exact) mass is 226 g/mol. The van der Waals surface area contributed by atoms with Gasteiger partial charge in [0.25, 0.3) is 6.43 Å². The molecule has 0 aromatic heterocycles. The molecular formula is C9H7F5O. The molecule has 15 heavy (non-hydrogen) atoms. The molecule has 0 radical (unpaired) electrons. The summed E-state index contributed by atoms with van der Waals surface area (Å²) < 4.78 is 63.3. The molecule has 0 bridgehead atoms. The topological polar surface area (TPSA) is 9.23 Å². The van der Waals surface area contributed by atoms with Crippen molar-refractivity contribution in [1.29, 1.82) is 0 Å². The molecule has 0 aliphatic heterocycles. The highest BCUT2D eigenvalue weighted by atomic mass is 19.4. The fourth-order valence-corrected chi connectivity index (χ4v) is 1.09. The van der Waals surface area contributed by atoms with Gasteiger partial charge in [-0.05, 0) is 30.7 Å². The first-order chi connectivity index (χ1) is 6.79. The summed E-state index contributed by atoms with van der Waals surface area (Å²) in [6.07, 6.45) is -7.51. The quantitative estimate of drug-likeness (QED) is 0.696. The fraction of sp³-hybridized carbons (Fsp3) is 0.333. The average molecular weight is 226 g/mol. The van der Waals surface area contributed by atoms with Gasteiger partial charge in [0, 0.05) is 5.56 Å². The van der Waals surface area contributed by atoms with Gasteiger partial charge < -0.3 is 4.74 Å². The molecular weight excluding hydrogens is 219 g/mol. The number of hydrogen-bond donors (Lipinski definition) is 0. The number of alkyl halides is 5. The van der Waals surface area contributed by atoms with Crippen molar-refractivity contribution in [3.05, 3.63) is 29.3 Å². The van der Waals surface area contributed by atoms with Crippen LogP contribution in [-0.4, -0.2) is 6.36 Å². The molecule has 0 saturated heterocycles. The molecule has 0 aliphatic carbocycles. The molecule has 1 nitrogen and oxygen atoms in total. The van der Waals surface area contributed by atoms with E-state index in [9.17, 15) is 22.0 Å². The van der Waals surface area contributed by atoms with Crippen LogP contribution < -0.4 is 4.74 Å². The van der Waals surface area contributed by atoms with Crippen molar-refractivity contribution in [3.63, 3.8) is 0 Å². The summed E-state index contributed by atoms with van der Waals surface area (Å²) in [7, 11) is 0. The van der Waals surface area contributed by atoms with Gasteiger partial charge in [-0.1, -0.05) is 0 Å². The highest BCUT2D eigenvalue weighted by molar-refractivity contribution is 5.35. The zero-order chi connectivity index (χ0) is 11.6. The minimum atomic E-state index is -4.81. The van der Waals surface area contributed by atoms with E-state index in [4.69, 9.17) is 0 Å². The Bertz CT molecular complexity index is 345. The van der Waals surface area contributed by atoms with Gasteiger partial charge in [-0.3, -0.25) is 0 Å². The van der Waals surface area contributed by atoms with Crippen molar-refractivity contribution in [3.8, 4) is 5.75 Å². The second-order valence-electron chi connectivity index (χ2n) is 2.87. The van der Waals surface area contributed by atoms with E-state index >= 15 is 0 Å². The van der Waals surface area contributed by atoms with E-state index in [1.54, 1.807) is 0 Å². The summed E-state index contributed by atoms with van der Waals surface area (Å²) in [5.41, 5.74) is -0.240. The Hall–Kier alpha value is -1.33. The van der Waals surface area contributed by atoms with Gasteiger partial charge in [0.1, 0.15) is 5.75 Å². The van der Waals surface area contributed by atoms with Gasteiger partial charge in [-0.15, -0.1) is 13.2 Å². The molecule has 0 heterocycles. The van der Waals surface area contributed by atoms with Gasteiger partial charge in [0.05, 0.1) is 0 Å². The molecule has 0 spiro atoms. The molecule has 6 heteroatoms. The van der Waals surface area contributed by atoms with E-state index in [2.05, 4.69) is 4.74 Å². The molecule has 0 atom stereocenters. The maximum absolute atomic E-state index is 12.2. The normalized spacial score (nSPS) is 11.9. The van der Waals surface area contributed by atoms with Crippen LogP contribution in [-0.2, 0) is 0 Å². The molecule has 1 rings (SSSR count). The Labute approximate surface area is 82.5 Å². The Kier molecular flexibility index (Phi) is 3.16. The van der Waals surface area contributed by atoms with E-state index in [1.165, 1.54) is 6.92 Å². The van der Waals surface area contributed by atoms with Crippen LogP contribution in [0.5, 0.6) is 5.75 Å². The zero-order valence-corrected chi connectivity index (χ0v) is 7.61. The smallest absolute Gasteiger partial charge is 0.406 e. The SMILES string of the molecule is Cc1cc(OC(F)(F)F)ccc1C(F)F. The van der Waals surface area contributed by atoms with Crippen molar-refractivity contribution in [2.24, 2.45) is 0 Å². The Morgan fingerprint density at radius 2 is 1.80 bits per heavy atom. The van der Waals surface area contributed by atoms with Crippen LogP contribution >= 0.6 is 0 Å². The van der Waals surface area contributed by atoms with Crippen molar-refractivity contribution in [2.45, 2.75) is 19.7 Å². The third kappa shape index (κ3) is 3.38. The van der Waals surface area contributed by atoms with Gasteiger partial charge in [-0.2, -0.15) is 0 Å². The Morgan fingerprint density at radius 1 is 1.20 bits per heavy atom. The molecule has 0 unspecified atom stereocenters. The zero-order valence-electron chi connectivity index (χ0n) is 7.61. The van der Waals surface area contributed by atoms with E-state index in [1.807, 2.05) is 0 Å². The van der Waals surface area contributed by atoms with E-state index < -0.39 is 18.5 Å². The summed E-state index contributed by atoms with van der Waals surface area (Å²) in [5, 5.41) is 0. The van der Waals surface area contributed by atoms with Crippen molar-refractivity contribution >= 4 is 0 Å². The third-order valence-electron chi connectivity index (χ3n) is 1.71. The van der Waals surface area contributed by atoms with Crippen LogP contribution in [0.2, 0.25) is 0 Å². The van der Waals surface area contributed by atoms with E-state index in [-0.39, 0.29) is 11.1 Å². The summed E-state index contributed by atoms with van der Waals surface area (Å²) in [5.74, 6) is -0.496. The summed E-state index contributed by atoms with van der Waals surface area (Å²) in [4.78, 5) is 0. The van der Waals surface area contributed by atoms with Crippen molar-refractivity contribution < 1.29 is 26.7 Å². The maximum Gasteiger partial charge on any atom is 0.573 e. The van der Waals surface area contributed by atoms with E-state index in [0.29, 0.717) is 0 Å². The predicted octanol–water partition coefficient (Wildman–Crippen LogP) is 3.83. The van der Waals surface area contributed by atoms with Gasteiger partial charge in [0.2, 0.25) is 0 Å². The number of hydrogen-bond acceptors (Lipinski definition) is 1. The van der Waals surface area contributed by atoms with Crippen molar-refractivity contribution in [1.82, 2.24) is 0 Å². The lowest BCUT2D eigenvalue weighted by Crippen LogP contribution is -2.17. The lowest BCUT2D eigenvalue weighted by atomic mass is 10.1. The molecule has 1 aromatic rings. The van der Waals surface area contributed by atoms with Crippen LogP contribution in [0.3, 0.4) is 0 Å². The molecule has 0 aliphatic rings. The predicted molar refractivity (Wildman–Crippen MR) is 42.8 cm³/mol. The Balaban J connectivity index is 2.92. The largest absolute Gasteiger partial charge is 0.573 e. The fourth-order valence-electron chi connectivity index (χ4n) is 1.09. The van der Waals surface area contributed by atoms with Crippen molar-refractivity contribution in [2.75, 3.05) is 0 Å². The Morgan fingerprint density at radius 3 is 2.20 bits per heavy atom. The van der Waals surface area contributed by atoms with Crippen LogP contribution in [0, 0.1) is 6.92 Å². The number of ether oxygens (including phenoxy) is 1. The van der Waals surface area contributed by atoms with Gasteiger partial charge in [-0.25, -0.2) is 8.78 Å². The lowest BCUT2D eigenvalue weighted by Gasteiger charge is -2.11. The molecule has 0 saturated carbocycles. The molecule has 0 fully saturated rings. The second-order valence-corrected chi connectivity index (χ2v) is 2.87. The average Bonchev–Trinajstić information content (AvgIpc) is 1.99. The second kappa shape index (κ2) is 4.04. The van der Waals surface area contributed by atoms with Crippen LogP contribution in [0.15, 0.2) is 18.2 Å². The molecule has 1 aromatic carbocycles. The highest BCUT2D eigenvalue weighted by Gasteiger charge is 2.31. The first-order valence-electron chi connectivity index (χ1n) is 3.94. The third-order valence-corrected chi connectivity index (χ3v) is 1.71. The van der Waals surface area contributed by atoms with Crippen LogP contribution in [0.25, 0.3) is 0 Å². The van der Waals surface area contributed by atoms with E-state index in [0.717, 1.165) is 18.2 Å². The summed E-state index contributed by atoms with van der Waals surface area (Å²) in [6.45, 7) is 1.30. The highest BCUT2D eigenvalue weighted by Crippen LogP contribution is 2.28. The number of benzene rings is 1. The number of halogens is 5. The lowest BCUT2D eigenvalue weighted by molar-refractivity contribution is -0.274. The molecule has 0 amide bonds. The summed E-state index contributed by atoms with van der Waals surface area (Å²) in [6, 6.07) is 2.71. The van der Waals surface area contributed by atoms with Gasteiger partial charge in [0.15, 0.2) is 0 Å². The maximum atomic E-state index is 12.2.